The molecule has 1 aromatic heterocycles. The Hall–Kier alpha value is -1.55. The van der Waals surface area contributed by atoms with Gasteiger partial charge in [0.1, 0.15) is 0 Å². The number of hydrogen-bond donors (Lipinski definition) is 5. The van der Waals surface area contributed by atoms with Gasteiger partial charge in [0, 0.05) is 29.1 Å². The molecule has 2 aliphatic rings. The number of aliphatic hydroxyl groups excluding tert-OH is 3. The Kier molecular flexibility index (Phi) is 10.2. The number of carbonyl (C=O) groups is 2. The maximum atomic E-state index is 13.3. The van der Waals surface area contributed by atoms with Crippen molar-refractivity contribution in [1.82, 2.24) is 10.3 Å². The first-order valence-corrected chi connectivity index (χ1v) is 14.8. The van der Waals surface area contributed by atoms with E-state index >= 15 is 0 Å². The minimum absolute atomic E-state index is 0.0445. The molecule has 5 N–H and O–H groups in total. The van der Waals surface area contributed by atoms with E-state index in [4.69, 9.17) is 4.98 Å². The van der Waals surface area contributed by atoms with E-state index < -0.39 is 11.5 Å². The van der Waals surface area contributed by atoms with Gasteiger partial charge in [0.15, 0.2) is 5.13 Å². The van der Waals surface area contributed by atoms with Crippen LogP contribution in [0, 0.1) is 22.7 Å². The maximum Gasteiger partial charge on any atom is 0.226 e. The second kappa shape index (κ2) is 12.5. The summed E-state index contributed by atoms with van der Waals surface area (Å²) in [5.74, 6) is -0.107. The molecular formula is C28H47N3O5S. The summed E-state index contributed by atoms with van der Waals surface area (Å²) in [6.45, 7) is 10.1. The van der Waals surface area contributed by atoms with Gasteiger partial charge in [0.2, 0.25) is 11.8 Å². The normalized spacial score (nSPS) is 29.9. The molecule has 6 atom stereocenters. The molecule has 1 saturated carbocycles. The number of amides is 2. The van der Waals surface area contributed by atoms with Crippen LogP contribution in [-0.4, -0.2) is 57.5 Å². The third-order valence-electron chi connectivity index (χ3n) is 8.88. The molecule has 37 heavy (non-hydrogen) atoms. The Bertz CT molecular complexity index is 937. The zero-order valence-electron chi connectivity index (χ0n) is 23.2. The molecule has 0 radical (unpaired) electrons. The highest BCUT2D eigenvalue weighted by molar-refractivity contribution is 7.15. The number of fused-ring (bicyclic) bond motifs is 2. The number of aromatic nitrogens is 1. The van der Waals surface area contributed by atoms with Gasteiger partial charge in [0.05, 0.1) is 31.1 Å². The molecule has 0 aliphatic heterocycles. The maximum absolute atomic E-state index is 13.3. The van der Waals surface area contributed by atoms with Crippen LogP contribution < -0.4 is 10.6 Å². The summed E-state index contributed by atoms with van der Waals surface area (Å²) in [5, 5.41) is 37.7. The lowest BCUT2D eigenvalue weighted by molar-refractivity contribution is -0.144. The van der Waals surface area contributed by atoms with Gasteiger partial charge in [-0.15, -0.1) is 11.3 Å². The number of unbranched alkanes of at least 4 members (excludes halogenated alkanes) is 2. The fourth-order valence-electron chi connectivity index (χ4n) is 6.64. The Labute approximate surface area is 225 Å². The van der Waals surface area contributed by atoms with E-state index in [0.29, 0.717) is 36.7 Å². The van der Waals surface area contributed by atoms with Crippen LogP contribution in [0.4, 0.5) is 5.13 Å². The third-order valence-corrected chi connectivity index (χ3v) is 9.89. The summed E-state index contributed by atoms with van der Waals surface area (Å²) in [4.78, 5) is 31.7. The molecule has 8 nitrogen and oxygen atoms in total. The molecule has 210 valence electrons. The predicted molar refractivity (Wildman–Crippen MR) is 146 cm³/mol. The number of hydrogen-bond acceptors (Lipinski definition) is 7. The first-order chi connectivity index (χ1) is 17.5. The Morgan fingerprint density at radius 3 is 2.54 bits per heavy atom. The van der Waals surface area contributed by atoms with Gasteiger partial charge in [-0.3, -0.25) is 9.59 Å². The second-order valence-corrected chi connectivity index (χ2v) is 13.2. The Morgan fingerprint density at radius 2 is 1.92 bits per heavy atom. The standard InChI is InChI=1S/C28H47N3O5S/c1-6-7-8-9-23(35)30-26-31-25-19(13-24(36)29-18(15-32)12-17(2)3)27(4)11-10-22(34)28(5,16-33)21(27)14-20(25)37-26/h17-19,21-22,32-34H,6-16H2,1-5H3,(H,29,36)(H,30,31,35). The van der Waals surface area contributed by atoms with Crippen molar-refractivity contribution in [3.63, 3.8) is 0 Å². The molecule has 0 spiro atoms. The van der Waals surface area contributed by atoms with Crippen LogP contribution in [0.15, 0.2) is 0 Å². The quantitative estimate of drug-likeness (QED) is 0.256. The lowest BCUT2D eigenvalue weighted by Crippen LogP contribution is -2.58. The molecule has 1 heterocycles. The van der Waals surface area contributed by atoms with Crippen LogP contribution in [0.2, 0.25) is 0 Å². The molecule has 0 bridgehead atoms. The lowest BCUT2D eigenvalue weighted by atomic mass is 9.47. The van der Waals surface area contributed by atoms with Crippen molar-refractivity contribution in [1.29, 1.82) is 0 Å². The summed E-state index contributed by atoms with van der Waals surface area (Å²) in [6, 6.07) is -0.302. The minimum atomic E-state index is -0.696. The zero-order valence-corrected chi connectivity index (χ0v) is 24.0. The number of thiazole rings is 1. The highest BCUT2D eigenvalue weighted by Crippen LogP contribution is 2.62. The fraction of sp³-hybridized carbons (Fsp3) is 0.821. The molecule has 1 aromatic rings. The number of rotatable bonds is 12. The monoisotopic (exact) mass is 537 g/mol. The van der Waals surface area contributed by atoms with Crippen LogP contribution in [0.1, 0.15) is 102 Å². The van der Waals surface area contributed by atoms with E-state index in [0.717, 1.165) is 36.3 Å². The van der Waals surface area contributed by atoms with E-state index in [-0.39, 0.29) is 54.7 Å². The van der Waals surface area contributed by atoms with Gasteiger partial charge >= 0.3 is 0 Å². The van der Waals surface area contributed by atoms with E-state index in [1.54, 1.807) is 0 Å². The predicted octanol–water partition coefficient (Wildman–Crippen LogP) is 3.99. The average molecular weight is 538 g/mol. The lowest BCUT2D eigenvalue weighted by Gasteiger charge is -2.58. The molecule has 0 aromatic carbocycles. The van der Waals surface area contributed by atoms with Crippen molar-refractivity contribution in [3.8, 4) is 0 Å². The van der Waals surface area contributed by atoms with Crippen molar-refractivity contribution in [2.24, 2.45) is 22.7 Å². The number of carbonyl (C=O) groups excluding carboxylic acids is 2. The summed E-state index contributed by atoms with van der Waals surface area (Å²) in [7, 11) is 0. The number of nitrogens with one attached hydrogen (secondary N) is 2. The van der Waals surface area contributed by atoms with Gasteiger partial charge in [-0.2, -0.15) is 0 Å². The van der Waals surface area contributed by atoms with Gasteiger partial charge < -0.3 is 26.0 Å². The van der Waals surface area contributed by atoms with Crippen LogP contribution >= 0.6 is 11.3 Å². The SMILES string of the molecule is CCCCCC(=O)Nc1nc2c(s1)CC1C(C)(CO)C(O)CCC1(C)C2CC(=O)NC(CO)CC(C)C. The van der Waals surface area contributed by atoms with Crippen LogP contribution in [0.5, 0.6) is 0 Å². The van der Waals surface area contributed by atoms with Crippen molar-refractivity contribution in [2.75, 3.05) is 18.5 Å². The molecular weight excluding hydrogens is 490 g/mol. The van der Waals surface area contributed by atoms with Gasteiger partial charge in [-0.1, -0.05) is 47.5 Å². The second-order valence-electron chi connectivity index (χ2n) is 12.1. The smallest absolute Gasteiger partial charge is 0.226 e. The molecule has 0 saturated heterocycles. The largest absolute Gasteiger partial charge is 0.396 e. The van der Waals surface area contributed by atoms with Gasteiger partial charge in [-0.05, 0) is 49.4 Å². The third kappa shape index (κ3) is 6.54. The zero-order chi connectivity index (χ0) is 27.4. The topological polar surface area (TPSA) is 132 Å². The summed E-state index contributed by atoms with van der Waals surface area (Å²) in [5.41, 5.74) is -0.202. The van der Waals surface area contributed by atoms with E-state index in [9.17, 15) is 24.9 Å². The van der Waals surface area contributed by atoms with Crippen molar-refractivity contribution < 1.29 is 24.9 Å². The van der Waals surface area contributed by atoms with Gasteiger partial charge in [0.25, 0.3) is 0 Å². The Balaban J connectivity index is 1.92. The van der Waals surface area contributed by atoms with Crippen molar-refractivity contribution in [3.05, 3.63) is 10.6 Å². The van der Waals surface area contributed by atoms with E-state index in [1.165, 1.54) is 11.3 Å². The van der Waals surface area contributed by atoms with Gasteiger partial charge in [-0.25, -0.2) is 4.98 Å². The average Bonchev–Trinajstić information content (AvgIpc) is 3.24. The fourth-order valence-corrected chi connectivity index (χ4v) is 7.72. The molecule has 9 heteroatoms. The molecule has 1 fully saturated rings. The first kappa shape index (κ1) is 30.0. The first-order valence-electron chi connectivity index (χ1n) is 14.0. The van der Waals surface area contributed by atoms with Crippen molar-refractivity contribution >= 4 is 28.3 Å². The summed E-state index contributed by atoms with van der Waals surface area (Å²) < 4.78 is 0. The molecule has 3 rings (SSSR count). The Morgan fingerprint density at radius 1 is 1.19 bits per heavy atom. The highest BCUT2D eigenvalue weighted by Gasteiger charge is 2.59. The number of nitrogens with zero attached hydrogens (tertiary/aromatic N) is 1. The molecule has 2 aliphatic carbocycles. The molecule has 2 amide bonds. The minimum Gasteiger partial charge on any atom is -0.396 e. The van der Waals surface area contributed by atoms with Crippen LogP contribution in [0.25, 0.3) is 0 Å². The molecule has 6 unspecified atom stereocenters. The van der Waals surface area contributed by atoms with Crippen LogP contribution in [-0.2, 0) is 16.0 Å². The van der Waals surface area contributed by atoms with Crippen LogP contribution in [0.3, 0.4) is 0 Å². The summed E-state index contributed by atoms with van der Waals surface area (Å²) in [6.07, 6.45) is 5.54. The number of anilines is 1. The summed E-state index contributed by atoms with van der Waals surface area (Å²) >= 11 is 1.45. The number of aliphatic hydroxyl groups is 3. The van der Waals surface area contributed by atoms with Crippen molar-refractivity contribution in [2.45, 2.75) is 110 Å². The van der Waals surface area contributed by atoms with E-state index in [2.05, 4.69) is 38.3 Å². The highest BCUT2D eigenvalue weighted by atomic mass is 32.1. The van der Waals surface area contributed by atoms with E-state index in [1.807, 2.05) is 6.92 Å².